The highest BCUT2D eigenvalue weighted by Crippen LogP contribution is 2.19. The van der Waals surface area contributed by atoms with E-state index in [1.54, 1.807) is 6.26 Å². The first kappa shape index (κ1) is 12.6. The van der Waals surface area contributed by atoms with Crippen LogP contribution in [0.3, 0.4) is 0 Å². The first-order chi connectivity index (χ1) is 8.70. The summed E-state index contributed by atoms with van der Waals surface area (Å²) in [5.74, 6) is 1.27. The molecule has 4 nitrogen and oxygen atoms in total. The number of rotatable bonds is 5. The van der Waals surface area contributed by atoms with Crippen molar-refractivity contribution in [2.45, 2.75) is 13.1 Å². The molecule has 2 rings (SSSR count). The van der Waals surface area contributed by atoms with Gasteiger partial charge in [-0.05, 0) is 25.2 Å². The smallest absolute Gasteiger partial charge is 0.141 e. The zero-order valence-electron chi connectivity index (χ0n) is 10.5. The van der Waals surface area contributed by atoms with E-state index < -0.39 is 0 Å². The molecule has 0 fully saturated rings. The Labute approximate surface area is 105 Å². The van der Waals surface area contributed by atoms with Crippen LogP contribution in [0.1, 0.15) is 11.3 Å². The quantitative estimate of drug-likeness (QED) is 0.881. The van der Waals surface area contributed by atoms with Gasteiger partial charge in [0.2, 0.25) is 0 Å². The van der Waals surface area contributed by atoms with Crippen molar-refractivity contribution in [3.8, 4) is 0 Å². The molecule has 2 heterocycles. The summed E-state index contributed by atoms with van der Waals surface area (Å²) in [6.45, 7) is 1.17. The molecular formula is C13H16FN3O. The van der Waals surface area contributed by atoms with Crippen LogP contribution in [0.2, 0.25) is 0 Å². The normalized spacial score (nSPS) is 10.6. The van der Waals surface area contributed by atoms with Crippen LogP contribution in [0.5, 0.6) is 0 Å². The topological polar surface area (TPSA) is 41.3 Å². The monoisotopic (exact) mass is 249 g/mol. The molecule has 0 aliphatic rings. The highest BCUT2D eigenvalue weighted by atomic mass is 19.1. The van der Waals surface area contributed by atoms with Gasteiger partial charge in [-0.3, -0.25) is 0 Å². The first-order valence-corrected chi connectivity index (χ1v) is 5.73. The second-order valence-corrected chi connectivity index (χ2v) is 4.10. The predicted molar refractivity (Wildman–Crippen MR) is 67.8 cm³/mol. The van der Waals surface area contributed by atoms with Crippen LogP contribution < -0.4 is 10.2 Å². The minimum Gasteiger partial charge on any atom is -0.467 e. The molecule has 0 atom stereocenters. The third-order valence-electron chi connectivity index (χ3n) is 2.61. The second-order valence-electron chi connectivity index (χ2n) is 4.10. The van der Waals surface area contributed by atoms with Gasteiger partial charge in [0.1, 0.15) is 17.4 Å². The van der Waals surface area contributed by atoms with Gasteiger partial charge in [-0.1, -0.05) is 0 Å². The zero-order valence-corrected chi connectivity index (χ0v) is 10.5. The minimum atomic E-state index is -0.324. The first-order valence-electron chi connectivity index (χ1n) is 5.73. The van der Waals surface area contributed by atoms with Gasteiger partial charge in [-0.2, -0.15) is 0 Å². The van der Waals surface area contributed by atoms with Crippen LogP contribution in [0.4, 0.5) is 10.2 Å². The standard InChI is InChI=1S/C13H16FN3O/c1-15-7-10-6-11(14)8-16-13(10)17(2)9-12-4-3-5-18-12/h3-6,8,15H,7,9H2,1-2H3. The lowest BCUT2D eigenvalue weighted by atomic mass is 10.2. The molecule has 2 aromatic rings. The van der Waals surface area contributed by atoms with Crippen molar-refractivity contribution >= 4 is 5.82 Å². The Kier molecular flexibility index (Phi) is 3.94. The maximum Gasteiger partial charge on any atom is 0.141 e. The molecule has 96 valence electrons. The van der Waals surface area contributed by atoms with Crippen molar-refractivity contribution in [1.29, 1.82) is 0 Å². The summed E-state index contributed by atoms with van der Waals surface area (Å²) in [4.78, 5) is 6.08. The number of furan rings is 1. The van der Waals surface area contributed by atoms with Gasteiger partial charge in [0.25, 0.3) is 0 Å². The third-order valence-corrected chi connectivity index (χ3v) is 2.61. The highest BCUT2D eigenvalue weighted by molar-refractivity contribution is 5.46. The summed E-state index contributed by atoms with van der Waals surface area (Å²) in [6.07, 6.45) is 2.86. The maximum atomic E-state index is 13.2. The van der Waals surface area contributed by atoms with E-state index in [-0.39, 0.29) is 5.82 Å². The molecule has 0 saturated carbocycles. The lowest BCUT2D eigenvalue weighted by molar-refractivity contribution is 0.506. The molecule has 0 aliphatic heterocycles. The molecule has 0 amide bonds. The van der Waals surface area contributed by atoms with Crippen LogP contribution in [0.25, 0.3) is 0 Å². The van der Waals surface area contributed by atoms with Crippen molar-refractivity contribution in [2.75, 3.05) is 19.0 Å². The molecule has 5 heteroatoms. The summed E-state index contributed by atoms with van der Waals surface area (Å²) in [7, 11) is 3.73. The lowest BCUT2D eigenvalue weighted by Gasteiger charge is -2.20. The molecule has 1 N–H and O–H groups in total. The fraction of sp³-hybridized carbons (Fsp3) is 0.308. The number of hydrogen-bond donors (Lipinski definition) is 1. The van der Waals surface area contributed by atoms with Crippen LogP contribution >= 0.6 is 0 Å². The molecule has 0 bridgehead atoms. The van der Waals surface area contributed by atoms with E-state index in [0.29, 0.717) is 13.1 Å². The number of pyridine rings is 1. The zero-order chi connectivity index (χ0) is 13.0. The van der Waals surface area contributed by atoms with E-state index in [0.717, 1.165) is 17.1 Å². The second kappa shape index (κ2) is 5.64. The Morgan fingerprint density at radius 3 is 3.00 bits per heavy atom. The van der Waals surface area contributed by atoms with Gasteiger partial charge < -0.3 is 14.6 Å². The molecule has 2 aromatic heterocycles. The molecular weight excluding hydrogens is 233 g/mol. The van der Waals surface area contributed by atoms with E-state index in [2.05, 4.69) is 10.3 Å². The Hall–Kier alpha value is -1.88. The summed E-state index contributed by atoms with van der Waals surface area (Å²) >= 11 is 0. The molecule has 0 aromatic carbocycles. The number of nitrogens with one attached hydrogen (secondary N) is 1. The Morgan fingerprint density at radius 2 is 2.33 bits per heavy atom. The van der Waals surface area contributed by atoms with Crippen molar-refractivity contribution in [3.05, 3.63) is 47.8 Å². The fourth-order valence-electron chi connectivity index (χ4n) is 1.85. The van der Waals surface area contributed by atoms with Gasteiger partial charge in [-0.25, -0.2) is 9.37 Å². The number of nitrogens with zero attached hydrogens (tertiary/aromatic N) is 2. The largest absolute Gasteiger partial charge is 0.467 e. The minimum absolute atomic E-state index is 0.324. The van der Waals surface area contributed by atoms with Gasteiger partial charge in [-0.15, -0.1) is 0 Å². The van der Waals surface area contributed by atoms with Crippen molar-refractivity contribution in [1.82, 2.24) is 10.3 Å². The van der Waals surface area contributed by atoms with E-state index in [9.17, 15) is 4.39 Å². The number of aromatic nitrogens is 1. The van der Waals surface area contributed by atoms with Crippen molar-refractivity contribution < 1.29 is 8.81 Å². The molecule has 18 heavy (non-hydrogen) atoms. The van der Waals surface area contributed by atoms with Crippen molar-refractivity contribution in [3.63, 3.8) is 0 Å². The van der Waals surface area contributed by atoms with Gasteiger partial charge in [0.15, 0.2) is 0 Å². The van der Waals surface area contributed by atoms with Crippen LogP contribution in [-0.2, 0) is 13.1 Å². The number of anilines is 1. The molecule has 0 aliphatic carbocycles. The van der Waals surface area contributed by atoms with Gasteiger partial charge in [0.05, 0.1) is 19.0 Å². The Morgan fingerprint density at radius 1 is 1.50 bits per heavy atom. The SMILES string of the molecule is CNCc1cc(F)cnc1N(C)Cc1ccco1. The van der Waals surface area contributed by atoms with Gasteiger partial charge in [0, 0.05) is 19.2 Å². The average Bonchev–Trinajstić information content (AvgIpc) is 2.82. The summed E-state index contributed by atoms with van der Waals surface area (Å²) < 4.78 is 18.5. The average molecular weight is 249 g/mol. The summed E-state index contributed by atoms with van der Waals surface area (Å²) in [5.41, 5.74) is 0.826. The Balaban J connectivity index is 2.20. The predicted octanol–water partition coefficient (Wildman–Crippen LogP) is 2.17. The van der Waals surface area contributed by atoms with E-state index in [4.69, 9.17) is 4.42 Å². The Bertz CT molecular complexity index is 499. The summed E-state index contributed by atoms with van der Waals surface area (Å²) in [6, 6.07) is 5.24. The van der Waals surface area contributed by atoms with Gasteiger partial charge >= 0.3 is 0 Å². The number of hydrogen-bond acceptors (Lipinski definition) is 4. The fourth-order valence-corrected chi connectivity index (χ4v) is 1.85. The van der Waals surface area contributed by atoms with Crippen molar-refractivity contribution in [2.24, 2.45) is 0 Å². The van der Waals surface area contributed by atoms with Crippen LogP contribution in [-0.4, -0.2) is 19.1 Å². The lowest BCUT2D eigenvalue weighted by Crippen LogP contribution is -2.21. The van der Waals surface area contributed by atoms with Crippen LogP contribution in [0, 0.1) is 5.82 Å². The third kappa shape index (κ3) is 2.87. The molecule has 0 spiro atoms. The number of halogens is 1. The molecule has 0 saturated heterocycles. The molecule has 0 unspecified atom stereocenters. The molecule has 0 radical (unpaired) electrons. The van der Waals surface area contributed by atoms with E-state index in [1.807, 2.05) is 31.1 Å². The van der Waals surface area contributed by atoms with E-state index >= 15 is 0 Å². The summed E-state index contributed by atoms with van der Waals surface area (Å²) in [5, 5.41) is 3.01. The van der Waals surface area contributed by atoms with Crippen LogP contribution in [0.15, 0.2) is 35.1 Å². The maximum absolute atomic E-state index is 13.2. The van der Waals surface area contributed by atoms with E-state index in [1.165, 1.54) is 12.3 Å². The highest BCUT2D eigenvalue weighted by Gasteiger charge is 2.11.